The first-order valence-electron chi connectivity index (χ1n) is 10.9. The molecular formula is C25H36O. The zero-order chi connectivity index (χ0) is 18.2. The van der Waals surface area contributed by atoms with Crippen LogP contribution in [-0.4, -0.2) is 6.61 Å². The molecule has 1 heteroatoms. The second-order valence-electron chi connectivity index (χ2n) is 8.21. The molecule has 26 heavy (non-hydrogen) atoms. The summed E-state index contributed by atoms with van der Waals surface area (Å²) in [7, 11) is 0. The van der Waals surface area contributed by atoms with Crippen LogP contribution in [0.3, 0.4) is 0 Å². The highest BCUT2D eigenvalue weighted by atomic mass is 16.5. The van der Waals surface area contributed by atoms with E-state index in [1.807, 2.05) is 0 Å². The van der Waals surface area contributed by atoms with E-state index in [9.17, 15) is 0 Å². The van der Waals surface area contributed by atoms with Crippen LogP contribution in [0.4, 0.5) is 0 Å². The van der Waals surface area contributed by atoms with Crippen molar-refractivity contribution in [3.05, 3.63) is 48.1 Å². The lowest BCUT2D eigenvalue weighted by atomic mass is 9.72. The molecule has 0 aromatic heterocycles. The molecule has 2 aliphatic carbocycles. The highest BCUT2D eigenvalue weighted by Gasteiger charge is 2.26. The lowest BCUT2D eigenvalue weighted by molar-refractivity contribution is 0.221. The van der Waals surface area contributed by atoms with E-state index in [0.717, 1.165) is 36.5 Å². The number of allylic oxidation sites excluding steroid dienone is 4. The Morgan fingerprint density at radius 3 is 2.35 bits per heavy atom. The summed E-state index contributed by atoms with van der Waals surface area (Å²) in [5.41, 5.74) is 2.69. The van der Waals surface area contributed by atoms with Crippen LogP contribution in [0.2, 0.25) is 0 Å². The average Bonchev–Trinajstić information content (AvgIpc) is 2.70. The van der Waals surface area contributed by atoms with Gasteiger partial charge in [-0.25, -0.2) is 0 Å². The zero-order valence-corrected chi connectivity index (χ0v) is 16.8. The Kier molecular flexibility index (Phi) is 7.41. The van der Waals surface area contributed by atoms with Crippen LogP contribution in [0, 0.1) is 17.8 Å². The fraction of sp³-hybridized carbons (Fsp3) is 0.600. The summed E-state index contributed by atoms with van der Waals surface area (Å²) in [5.74, 6) is 3.67. The van der Waals surface area contributed by atoms with Gasteiger partial charge in [0.05, 0.1) is 6.61 Å². The molecule has 1 saturated carbocycles. The molecule has 1 fully saturated rings. The molecule has 1 atom stereocenters. The second kappa shape index (κ2) is 10.00. The highest BCUT2D eigenvalue weighted by molar-refractivity contribution is 5.75. The van der Waals surface area contributed by atoms with E-state index in [4.69, 9.17) is 4.74 Å². The van der Waals surface area contributed by atoms with E-state index < -0.39 is 0 Å². The summed E-state index contributed by atoms with van der Waals surface area (Å²) >= 11 is 0. The van der Waals surface area contributed by atoms with E-state index in [2.05, 4.69) is 56.3 Å². The van der Waals surface area contributed by atoms with Gasteiger partial charge in [-0.15, -0.1) is 0 Å². The maximum atomic E-state index is 5.77. The van der Waals surface area contributed by atoms with Gasteiger partial charge in [-0.2, -0.15) is 0 Å². The highest BCUT2D eigenvalue weighted by Crippen LogP contribution is 2.39. The van der Waals surface area contributed by atoms with Crippen LogP contribution in [0.1, 0.15) is 77.2 Å². The van der Waals surface area contributed by atoms with Gasteiger partial charge in [0.2, 0.25) is 0 Å². The topological polar surface area (TPSA) is 9.23 Å². The number of unbranched alkanes of at least 4 members (excludes halogenated alkanes) is 1. The lowest BCUT2D eigenvalue weighted by Crippen LogP contribution is -2.21. The van der Waals surface area contributed by atoms with Gasteiger partial charge in [0.15, 0.2) is 0 Å². The molecule has 0 N–H and O–H groups in total. The summed E-state index contributed by atoms with van der Waals surface area (Å²) in [5, 5.41) is 0. The third-order valence-electron chi connectivity index (χ3n) is 6.28. The van der Waals surface area contributed by atoms with Crippen LogP contribution in [0.25, 0.3) is 5.57 Å². The van der Waals surface area contributed by atoms with Gasteiger partial charge in [0.25, 0.3) is 0 Å². The summed E-state index contributed by atoms with van der Waals surface area (Å²) in [6.07, 6.45) is 19.4. The number of rotatable bonds is 8. The molecule has 0 aliphatic heterocycles. The summed E-state index contributed by atoms with van der Waals surface area (Å²) in [6, 6.07) is 8.63. The van der Waals surface area contributed by atoms with Gasteiger partial charge in [0, 0.05) is 0 Å². The molecule has 0 spiro atoms. The lowest BCUT2D eigenvalue weighted by Gasteiger charge is -2.33. The summed E-state index contributed by atoms with van der Waals surface area (Å²) in [6.45, 7) is 5.34. The standard InChI is InChI=1S/C25H36O/c1-3-5-19-26-25-17-15-24(16-18-25)23-13-11-22(12-14-23)21-9-7-20(6-4-2)8-10-21/h11,13-18,20-22H,3-10,12,19H2,1-2H3. The zero-order valence-electron chi connectivity index (χ0n) is 16.8. The van der Waals surface area contributed by atoms with Crippen molar-refractivity contribution in [1.29, 1.82) is 0 Å². The molecule has 0 heterocycles. The van der Waals surface area contributed by atoms with E-state index in [1.54, 1.807) is 0 Å². The van der Waals surface area contributed by atoms with Crippen molar-refractivity contribution in [3.63, 3.8) is 0 Å². The van der Waals surface area contributed by atoms with E-state index >= 15 is 0 Å². The van der Waals surface area contributed by atoms with Crippen molar-refractivity contribution < 1.29 is 4.74 Å². The largest absolute Gasteiger partial charge is 0.494 e. The van der Waals surface area contributed by atoms with Crippen molar-refractivity contribution in [2.75, 3.05) is 6.61 Å². The van der Waals surface area contributed by atoms with Crippen LogP contribution < -0.4 is 4.74 Å². The van der Waals surface area contributed by atoms with Crippen molar-refractivity contribution in [2.24, 2.45) is 17.8 Å². The third-order valence-corrected chi connectivity index (χ3v) is 6.28. The van der Waals surface area contributed by atoms with Gasteiger partial charge < -0.3 is 4.74 Å². The Morgan fingerprint density at radius 1 is 0.962 bits per heavy atom. The molecular weight excluding hydrogens is 316 g/mol. The Hall–Kier alpha value is -1.50. The van der Waals surface area contributed by atoms with Crippen LogP contribution in [0.5, 0.6) is 5.75 Å². The predicted octanol–water partition coefficient (Wildman–Crippen LogP) is 7.43. The molecule has 142 valence electrons. The number of ether oxygens (including phenoxy) is 1. The normalized spacial score (nSPS) is 25.8. The molecule has 0 saturated heterocycles. The fourth-order valence-electron chi connectivity index (χ4n) is 4.59. The SMILES string of the molecule is CCCCOc1ccc(C2=CCC(C3CCC(CCC)CC3)C=C2)cc1. The van der Waals surface area contributed by atoms with Gasteiger partial charge in [-0.05, 0) is 66.7 Å². The van der Waals surface area contributed by atoms with Gasteiger partial charge in [-0.3, -0.25) is 0 Å². The minimum absolute atomic E-state index is 0.762. The smallest absolute Gasteiger partial charge is 0.119 e. The van der Waals surface area contributed by atoms with Crippen LogP contribution in [0.15, 0.2) is 42.5 Å². The van der Waals surface area contributed by atoms with Crippen LogP contribution >= 0.6 is 0 Å². The van der Waals surface area contributed by atoms with E-state index in [0.29, 0.717) is 0 Å². The van der Waals surface area contributed by atoms with Gasteiger partial charge in [0.1, 0.15) is 5.75 Å². The van der Waals surface area contributed by atoms with Crippen molar-refractivity contribution in [3.8, 4) is 5.75 Å². The molecule has 3 rings (SSSR count). The summed E-state index contributed by atoms with van der Waals surface area (Å²) in [4.78, 5) is 0. The van der Waals surface area contributed by atoms with Gasteiger partial charge >= 0.3 is 0 Å². The van der Waals surface area contributed by atoms with Crippen molar-refractivity contribution in [1.82, 2.24) is 0 Å². The molecule has 0 amide bonds. The Balaban J connectivity index is 1.49. The molecule has 0 radical (unpaired) electrons. The fourth-order valence-corrected chi connectivity index (χ4v) is 4.59. The molecule has 1 aromatic carbocycles. The molecule has 1 nitrogen and oxygen atoms in total. The quantitative estimate of drug-likeness (QED) is 0.442. The van der Waals surface area contributed by atoms with Crippen LogP contribution in [-0.2, 0) is 0 Å². The van der Waals surface area contributed by atoms with Crippen molar-refractivity contribution >= 4 is 5.57 Å². The predicted molar refractivity (Wildman–Crippen MR) is 112 cm³/mol. The molecule has 2 aliphatic rings. The first-order chi connectivity index (χ1) is 12.8. The maximum absolute atomic E-state index is 5.77. The second-order valence-corrected chi connectivity index (χ2v) is 8.21. The number of hydrogen-bond acceptors (Lipinski definition) is 1. The Morgan fingerprint density at radius 2 is 1.73 bits per heavy atom. The minimum Gasteiger partial charge on any atom is -0.494 e. The van der Waals surface area contributed by atoms with E-state index in [1.165, 1.54) is 62.5 Å². The Labute approximate surface area is 160 Å². The molecule has 1 unspecified atom stereocenters. The average molecular weight is 353 g/mol. The van der Waals surface area contributed by atoms with Gasteiger partial charge in [-0.1, -0.05) is 76.3 Å². The first-order valence-corrected chi connectivity index (χ1v) is 10.9. The summed E-state index contributed by atoms with van der Waals surface area (Å²) < 4.78 is 5.77. The minimum atomic E-state index is 0.762. The monoisotopic (exact) mass is 352 g/mol. The first kappa shape index (κ1) is 19.3. The number of benzene rings is 1. The van der Waals surface area contributed by atoms with Crippen molar-refractivity contribution in [2.45, 2.75) is 71.6 Å². The third kappa shape index (κ3) is 5.25. The Bertz CT molecular complexity index is 587. The van der Waals surface area contributed by atoms with E-state index in [-0.39, 0.29) is 0 Å². The maximum Gasteiger partial charge on any atom is 0.119 e. The molecule has 0 bridgehead atoms. The molecule has 1 aromatic rings. The number of hydrogen-bond donors (Lipinski definition) is 0.